The molecule has 1 aliphatic heterocycles. The van der Waals surface area contributed by atoms with Crippen molar-refractivity contribution < 1.29 is 0 Å². The van der Waals surface area contributed by atoms with E-state index in [9.17, 15) is 0 Å². The fraction of sp³-hybridized carbons (Fsp3) is 0.727. The van der Waals surface area contributed by atoms with Crippen molar-refractivity contribution in [1.29, 1.82) is 0 Å². The van der Waals surface area contributed by atoms with Gasteiger partial charge in [0.1, 0.15) is 0 Å². The molecule has 0 bridgehead atoms. The van der Waals surface area contributed by atoms with Gasteiger partial charge in [0, 0.05) is 24.5 Å². The van der Waals surface area contributed by atoms with Crippen LogP contribution in [0, 0.1) is 5.92 Å². The van der Waals surface area contributed by atoms with Crippen LogP contribution in [0.1, 0.15) is 17.8 Å². The van der Waals surface area contributed by atoms with Gasteiger partial charge in [0.15, 0.2) is 0 Å². The molecule has 0 amide bonds. The van der Waals surface area contributed by atoms with Crippen LogP contribution in [0.25, 0.3) is 0 Å². The Morgan fingerprint density at radius 1 is 1.53 bits per heavy atom. The molecule has 2 rings (SSSR count). The van der Waals surface area contributed by atoms with Crippen LogP contribution in [-0.4, -0.2) is 31.2 Å². The van der Waals surface area contributed by atoms with Gasteiger partial charge < -0.3 is 10.6 Å². The zero-order valence-electron chi connectivity index (χ0n) is 9.04. The molecule has 2 N–H and O–H groups in total. The summed E-state index contributed by atoms with van der Waals surface area (Å²) in [6, 6.07) is 0. The number of rotatable bonds is 6. The molecule has 1 unspecified atom stereocenters. The molecule has 84 valence electrons. The fourth-order valence-corrected chi connectivity index (χ4v) is 2.58. The van der Waals surface area contributed by atoms with Crippen molar-refractivity contribution >= 4 is 11.3 Å². The molecule has 3 nitrogen and oxygen atoms in total. The third-order valence-corrected chi connectivity index (χ3v) is 3.73. The maximum atomic E-state index is 4.26. The smallest absolute Gasteiger partial charge is 0.0937 e. The van der Waals surface area contributed by atoms with Crippen molar-refractivity contribution in [1.82, 2.24) is 15.6 Å². The molecule has 15 heavy (non-hydrogen) atoms. The molecule has 0 radical (unpaired) electrons. The van der Waals surface area contributed by atoms with E-state index < -0.39 is 0 Å². The topological polar surface area (TPSA) is 37.0 Å². The minimum Gasteiger partial charge on any atom is -0.316 e. The van der Waals surface area contributed by atoms with E-state index in [1.807, 2.05) is 11.6 Å². The lowest BCUT2D eigenvalue weighted by molar-refractivity contribution is 0.501. The Kier molecular flexibility index (Phi) is 4.57. The first kappa shape index (κ1) is 11.0. The van der Waals surface area contributed by atoms with E-state index in [0.717, 1.165) is 25.4 Å². The number of hydrogen-bond acceptors (Lipinski definition) is 4. The molecule has 1 atom stereocenters. The molecule has 1 fully saturated rings. The summed E-state index contributed by atoms with van der Waals surface area (Å²) >= 11 is 1.75. The van der Waals surface area contributed by atoms with E-state index in [1.165, 1.54) is 30.9 Å². The third kappa shape index (κ3) is 3.89. The van der Waals surface area contributed by atoms with Gasteiger partial charge in [-0.25, -0.2) is 4.98 Å². The van der Waals surface area contributed by atoms with E-state index in [2.05, 4.69) is 15.6 Å². The van der Waals surface area contributed by atoms with Crippen LogP contribution in [0.4, 0.5) is 0 Å². The second kappa shape index (κ2) is 6.20. The summed E-state index contributed by atoms with van der Waals surface area (Å²) in [5.74, 6) is 0.900. The highest BCUT2D eigenvalue weighted by Gasteiger charge is 2.12. The Hall–Kier alpha value is -0.450. The Morgan fingerprint density at radius 3 is 3.27 bits per heavy atom. The minimum atomic E-state index is 0.900. The van der Waals surface area contributed by atoms with Crippen LogP contribution in [-0.2, 0) is 6.42 Å². The lowest BCUT2D eigenvalue weighted by Gasteiger charge is -2.08. The number of nitrogens with zero attached hydrogens (tertiary/aromatic N) is 1. The second-order valence-electron chi connectivity index (χ2n) is 4.07. The quantitative estimate of drug-likeness (QED) is 0.716. The van der Waals surface area contributed by atoms with Gasteiger partial charge in [-0.15, -0.1) is 11.3 Å². The van der Waals surface area contributed by atoms with Gasteiger partial charge in [0.2, 0.25) is 0 Å². The Bertz CT molecular complexity index is 255. The first-order valence-electron chi connectivity index (χ1n) is 5.75. The summed E-state index contributed by atoms with van der Waals surface area (Å²) in [6.45, 7) is 4.64. The largest absolute Gasteiger partial charge is 0.316 e. The highest BCUT2D eigenvalue weighted by Crippen LogP contribution is 2.10. The van der Waals surface area contributed by atoms with Crippen LogP contribution in [0.5, 0.6) is 0 Å². The maximum Gasteiger partial charge on any atom is 0.0937 e. The third-order valence-electron chi connectivity index (χ3n) is 2.89. The second-order valence-corrected chi connectivity index (χ2v) is 5.05. The minimum absolute atomic E-state index is 0.900. The van der Waals surface area contributed by atoms with E-state index in [-0.39, 0.29) is 0 Å². The molecule has 0 spiro atoms. The maximum absolute atomic E-state index is 4.26. The number of nitrogens with one attached hydrogen (secondary N) is 2. The molecular formula is C11H19N3S. The molecule has 4 heteroatoms. The lowest BCUT2D eigenvalue weighted by atomic mass is 10.1. The van der Waals surface area contributed by atoms with Crippen molar-refractivity contribution in [3.05, 3.63) is 16.6 Å². The standard InChI is InChI=1S/C11H19N3S/c1(10-2-5-13-9-10)4-12-6-3-11-14-7-8-15-11/h7-8,10,12-13H,1-6,9H2. The van der Waals surface area contributed by atoms with Gasteiger partial charge in [0.25, 0.3) is 0 Å². The van der Waals surface area contributed by atoms with Crippen LogP contribution >= 0.6 is 11.3 Å². The average Bonchev–Trinajstić information content (AvgIpc) is 2.88. The summed E-state index contributed by atoms with van der Waals surface area (Å²) in [5.41, 5.74) is 0. The first-order chi connectivity index (χ1) is 7.45. The van der Waals surface area contributed by atoms with Crippen molar-refractivity contribution in [2.75, 3.05) is 26.2 Å². The Morgan fingerprint density at radius 2 is 2.53 bits per heavy atom. The van der Waals surface area contributed by atoms with Crippen LogP contribution in [0.15, 0.2) is 11.6 Å². The van der Waals surface area contributed by atoms with Crippen molar-refractivity contribution in [3.63, 3.8) is 0 Å². The van der Waals surface area contributed by atoms with Crippen LogP contribution in [0.3, 0.4) is 0 Å². The van der Waals surface area contributed by atoms with Crippen molar-refractivity contribution in [2.45, 2.75) is 19.3 Å². The molecule has 0 aromatic carbocycles. The normalized spacial score (nSPS) is 20.9. The number of thiazole rings is 1. The fourth-order valence-electron chi connectivity index (χ4n) is 1.96. The van der Waals surface area contributed by atoms with Crippen molar-refractivity contribution in [3.8, 4) is 0 Å². The van der Waals surface area contributed by atoms with Gasteiger partial charge in [0.05, 0.1) is 5.01 Å². The molecule has 1 aromatic heterocycles. The predicted molar refractivity (Wildman–Crippen MR) is 64.3 cm³/mol. The van der Waals surface area contributed by atoms with E-state index in [0.29, 0.717) is 0 Å². The summed E-state index contributed by atoms with van der Waals surface area (Å²) in [5, 5.41) is 10.2. The number of aromatic nitrogens is 1. The lowest BCUT2D eigenvalue weighted by Crippen LogP contribution is -2.21. The molecule has 1 aliphatic rings. The summed E-state index contributed by atoms with van der Waals surface area (Å²) in [4.78, 5) is 4.26. The molecule has 0 saturated carbocycles. The van der Waals surface area contributed by atoms with Gasteiger partial charge >= 0.3 is 0 Å². The molecule has 2 heterocycles. The molecule has 0 aliphatic carbocycles. The SMILES string of the molecule is c1csc(CCNCCC2CCNC2)n1. The Labute approximate surface area is 95.3 Å². The van der Waals surface area contributed by atoms with Gasteiger partial charge in [-0.3, -0.25) is 0 Å². The average molecular weight is 225 g/mol. The van der Waals surface area contributed by atoms with E-state index in [1.54, 1.807) is 11.3 Å². The van der Waals surface area contributed by atoms with Crippen LogP contribution in [0.2, 0.25) is 0 Å². The summed E-state index contributed by atoms with van der Waals surface area (Å²) < 4.78 is 0. The van der Waals surface area contributed by atoms with Crippen LogP contribution < -0.4 is 10.6 Å². The van der Waals surface area contributed by atoms with E-state index >= 15 is 0 Å². The van der Waals surface area contributed by atoms with Crippen molar-refractivity contribution in [2.24, 2.45) is 5.92 Å². The molecule has 1 aromatic rings. The zero-order valence-corrected chi connectivity index (χ0v) is 9.85. The Balaban J connectivity index is 1.48. The first-order valence-corrected chi connectivity index (χ1v) is 6.63. The predicted octanol–water partition coefficient (Wildman–Crippen LogP) is 1.27. The van der Waals surface area contributed by atoms with Gasteiger partial charge in [-0.2, -0.15) is 0 Å². The van der Waals surface area contributed by atoms with E-state index in [4.69, 9.17) is 0 Å². The number of hydrogen-bond donors (Lipinski definition) is 2. The zero-order chi connectivity index (χ0) is 10.3. The molecule has 1 saturated heterocycles. The monoisotopic (exact) mass is 225 g/mol. The summed E-state index contributed by atoms with van der Waals surface area (Å²) in [6.07, 6.45) is 5.61. The summed E-state index contributed by atoms with van der Waals surface area (Å²) in [7, 11) is 0. The van der Waals surface area contributed by atoms with Gasteiger partial charge in [-0.1, -0.05) is 0 Å². The van der Waals surface area contributed by atoms with Gasteiger partial charge in [-0.05, 0) is 38.4 Å². The highest BCUT2D eigenvalue weighted by molar-refractivity contribution is 7.09. The molecular weight excluding hydrogens is 206 g/mol. The highest BCUT2D eigenvalue weighted by atomic mass is 32.1.